The van der Waals surface area contributed by atoms with Crippen LogP contribution in [0.25, 0.3) is 0 Å². The summed E-state index contributed by atoms with van der Waals surface area (Å²) in [7, 11) is 0. The number of halogens is 1. The lowest BCUT2D eigenvalue weighted by Crippen LogP contribution is -2.47. The topological polar surface area (TPSA) is 96.9 Å². The number of urea groups is 1. The summed E-state index contributed by atoms with van der Waals surface area (Å²) in [5.41, 5.74) is 1.29. The fraction of sp³-hybridized carbons (Fsp3) is 0.444. The van der Waals surface area contributed by atoms with Gasteiger partial charge in [-0.2, -0.15) is 0 Å². The molecule has 1 heterocycles. The average Bonchev–Trinajstić information content (AvgIpc) is 2.58. The summed E-state index contributed by atoms with van der Waals surface area (Å²) in [4.78, 5) is 24.7. The Morgan fingerprint density at radius 3 is 2.58 bits per heavy atom. The predicted molar refractivity (Wildman–Crippen MR) is 97.2 cm³/mol. The number of ether oxygens (including phenoxy) is 2. The highest BCUT2D eigenvalue weighted by Gasteiger charge is 2.35. The molecule has 0 bridgehead atoms. The van der Waals surface area contributed by atoms with E-state index in [0.717, 1.165) is 0 Å². The molecule has 8 heteroatoms. The largest absolute Gasteiger partial charge is 0.503 e. The second-order valence-corrected chi connectivity index (χ2v) is 6.42. The van der Waals surface area contributed by atoms with Crippen LogP contribution in [0.15, 0.2) is 23.4 Å². The van der Waals surface area contributed by atoms with E-state index in [4.69, 9.17) is 21.1 Å². The first-order chi connectivity index (χ1) is 12.3. The van der Waals surface area contributed by atoms with Gasteiger partial charge in [-0.05, 0) is 37.5 Å². The molecule has 0 saturated heterocycles. The number of amides is 2. The number of rotatable bonds is 6. The number of carbonyl (C=O) groups is 2. The molecule has 0 aromatic heterocycles. The number of hydrogen-bond acceptors (Lipinski definition) is 5. The van der Waals surface area contributed by atoms with Crippen LogP contribution in [0.4, 0.5) is 4.79 Å². The van der Waals surface area contributed by atoms with Gasteiger partial charge in [0.05, 0.1) is 29.9 Å². The highest BCUT2D eigenvalue weighted by molar-refractivity contribution is 6.32. The number of aromatic hydroxyl groups is 1. The van der Waals surface area contributed by atoms with Gasteiger partial charge in [-0.1, -0.05) is 25.4 Å². The predicted octanol–water partition coefficient (Wildman–Crippen LogP) is 3.27. The minimum Gasteiger partial charge on any atom is -0.503 e. The molecule has 0 spiro atoms. The van der Waals surface area contributed by atoms with Gasteiger partial charge in [-0.25, -0.2) is 9.59 Å². The minimum atomic E-state index is -0.780. The van der Waals surface area contributed by atoms with E-state index in [1.165, 1.54) is 6.07 Å². The van der Waals surface area contributed by atoms with Crippen LogP contribution < -0.4 is 15.4 Å². The highest BCUT2D eigenvalue weighted by Crippen LogP contribution is 2.39. The van der Waals surface area contributed by atoms with Crippen LogP contribution in [0.3, 0.4) is 0 Å². The van der Waals surface area contributed by atoms with Crippen LogP contribution in [0.2, 0.25) is 5.02 Å². The molecule has 1 atom stereocenters. The SMILES string of the molecule is CCOC(=O)C1=C(C(C)C)NC(=O)NC1c1cc(Cl)c(O)c(OCC)c1. The van der Waals surface area contributed by atoms with Crippen molar-refractivity contribution in [2.24, 2.45) is 5.92 Å². The minimum absolute atomic E-state index is 0.0630. The number of allylic oxidation sites excluding steroid dienone is 1. The number of phenols is 1. The van der Waals surface area contributed by atoms with E-state index in [1.54, 1.807) is 19.9 Å². The van der Waals surface area contributed by atoms with E-state index in [2.05, 4.69) is 10.6 Å². The fourth-order valence-corrected chi connectivity index (χ4v) is 2.97. The van der Waals surface area contributed by atoms with Crippen LogP contribution in [0.1, 0.15) is 39.3 Å². The fourth-order valence-electron chi connectivity index (χ4n) is 2.75. The molecule has 1 unspecified atom stereocenters. The van der Waals surface area contributed by atoms with Crippen molar-refractivity contribution in [2.45, 2.75) is 33.7 Å². The molecule has 1 aliphatic rings. The number of benzene rings is 1. The Kier molecular flexibility index (Phi) is 6.37. The molecule has 0 aliphatic carbocycles. The third kappa shape index (κ3) is 4.04. The molecule has 7 nitrogen and oxygen atoms in total. The second-order valence-electron chi connectivity index (χ2n) is 6.02. The summed E-state index contributed by atoms with van der Waals surface area (Å²) in [6.07, 6.45) is 0. The van der Waals surface area contributed by atoms with Crippen molar-refractivity contribution < 1.29 is 24.2 Å². The van der Waals surface area contributed by atoms with Crippen LogP contribution in [-0.4, -0.2) is 30.3 Å². The van der Waals surface area contributed by atoms with Gasteiger partial charge in [0.15, 0.2) is 11.5 Å². The average molecular weight is 383 g/mol. The first-order valence-electron chi connectivity index (χ1n) is 8.43. The Balaban J connectivity index is 2.62. The molecule has 0 radical (unpaired) electrons. The van der Waals surface area contributed by atoms with Gasteiger partial charge >= 0.3 is 12.0 Å². The maximum atomic E-state index is 12.6. The molecule has 3 N–H and O–H groups in total. The van der Waals surface area contributed by atoms with Crippen LogP contribution in [0.5, 0.6) is 11.5 Å². The number of nitrogens with one attached hydrogen (secondary N) is 2. The zero-order chi connectivity index (χ0) is 19.4. The third-order valence-corrected chi connectivity index (χ3v) is 4.15. The normalized spacial score (nSPS) is 17.0. The molecule has 2 amide bonds. The van der Waals surface area contributed by atoms with Crippen LogP contribution in [-0.2, 0) is 9.53 Å². The van der Waals surface area contributed by atoms with E-state index >= 15 is 0 Å². The van der Waals surface area contributed by atoms with Gasteiger partial charge in [-0.3, -0.25) is 0 Å². The summed E-state index contributed by atoms with van der Waals surface area (Å²) in [5.74, 6) is -0.655. The maximum Gasteiger partial charge on any atom is 0.338 e. The van der Waals surface area contributed by atoms with Crippen molar-refractivity contribution >= 4 is 23.6 Å². The Bertz CT molecular complexity index is 745. The van der Waals surface area contributed by atoms with Crippen molar-refractivity contribution in [1.82, 2.24) is 10.6 Å². The van der Waals surface area contributed by atoms with E-state index in [0.29, 0.717) is 23.4 Å². The Morgan fingerprint density at radius 1 is 1.31 bits per heavy atom. The molecule has 1 aromatic rings. The lowest BCUT2D eigenvalue weighted by Gasteiger charge is -2.31. The molecular formula is C18H23ClN2O5. The summed E-state index contributed by atoms with van der Waals surface area (Å²) in [6.45, 7) is 7.74. The van der Waals surface area contributed by atoms with E-state index in [9.17, 15) is 14.7 Å². The number of hydrogen-bond donors (Lipinski definition) is 3. The van der Waals surface area contributed by atoms with Crippen molar-refractivity contribution in [1.29, 1.82) is 0 Å². The molecule has 1 aliphatic heterocycles. The Labute approximate surface area is 157 Å². The smallest absolute Gasteiger partial charge is 0.338 e. The highest BCUT2D eigenvalue weighted by atomic mass is 35.5. The zero-order valence-electron chi connectivity index (χ0n) is 15.2. The van der Waals surface area contributed by atoms with E-state index < -0.39 is 18.0 Å². The number of phenolic OH excluding ortho intramolecular Hbond substituents is 1. The van der Waals surface area contributed by atoms with Gasteiger partial charge in [0.2, 0.25) is 0 Å². The second kappa shape index (κ2) is 8.31. The molecule has 1 aromatic carbocycles. The molecule has 0 saturated carbocycles. The summed E-state index contributed by atoms with van der Waals surface area (Å²) in [5, 5.41) is 15.5. The lowest BCUT2D eigenvalue weighted by atomic mass is 9.91. The lowest BCUT2D eigenvalue weighted by molar-refractivity contribution is -0.139. The molecule has 0 fully saturated rings. The van der Waals surface area contributed by atoms with Gasteiger partial charge in [-0.15, -0.1) is 0 Å². The standard InChI is InChI=1S/C18H23ClN2O5/c1-5-25-12-8-10(7-11(19)16(12)22)15-13(17(23)26-6-2)14(9(3)4)20-18(24)21-15/h7-9,15,22H,5-6H2,1-4H3,(H2,20,21,24). The molecule has 26 heavy (non-hydrogen) atoms. The Hall–Kier alpha value is -2.41. The molecular weight excluding hydrogens is 360 g/mol. The van der Waals surface area contributed by atoms with Crippen molar-refractivity contribution in [3.63, 3.8) is 0 Å². The Morgan fingerprint density at radius 2 is 2.00 bits per heavy atom. The first kappa shape index (κ1) is 19.9. The maximum absolute atomic E-state index is 12.6. The van der Waals surface area contributed by atoms with Gasteiger partial charge < -0.3 is 25.2 Å². The third-order valence-electron chi connectivity index (χ3n) is 3.86. The van der Waals surface area contributed by atoms with Gasteiger partial charge in [0.25, 0.3) is 0 Å². The number of esters is 1. The summed E-state index contributed by atoms with van der Waals surface area (Å²) in [6, 6.07) is 1.83. The van der Waals surface area contributed by atoms with Crippen LogP contribution >= 0.6 is 11.6 Å². The molecule has 142 valence electrons. The molecule has 2 rings (SSSR count). The van der Waals surface area contributed by atoms with Crippen molar-refractivity contribution in [3.05, 3.63) is 34.0 Å². The van der Waals surface area contributed by atoms with Gasteiger partial charge in [0.1, 0.15) is 0 Å². The summed E-state index contributed by atoms with van der Waals surface area (Å²) >= 11 is 6.11. The number of carbonyl (C=O) groups excluding carboxylic acids is 2. The summed E-state index contributed by atoms with van der Waals surface area (Å²) < 4.78 is 10.6. The van der Waals surface area contributed by atoms with E-state index in [-0.39, 0.29) is 29.0 Å². The van der Waals surface area contributed by atoms with E-state index in [1.807, 2.05) is 13.8 Å². The van der Waals surface area contributed by atoms with Crippen molar-refractivity contribution in [2.75, 3.05) is 13.2 Å². The first-order valence-corrected chi connectivity index (χ1v) is 8.81. The van der Waals surface area contributed by atoms with Crippen LogP contribution in [0, 0.1) is 5.92 Å². The van der Waals surface area contributed by atoms with Gasteiger partial charge in [0, 0.05) is 5.70 Å². The van der Waals surface area contributed by atoms with Crippen molar-refractivity contribution in [3.8, 4) is 11.5 Å². The quantitative estimate of drug-likeness (QED) is 0.656. The zero-order valence-corrected chi connectivity index (χ0v) is 15.9. The monoisotopic (exact) mass is 382 g/mol.